The highest BCUT2D eigenvalue weighted by atomic mass is 16.3. The van der Waals surface area contributed by atoms with Crippen molar-refractivity contribution in [2.45, 2.75) is 0 Å². The molecule has 0 aliphatic heterocycles. The summed E-state index contributed by atoms with van der Waals surface area (Å²) in [5.74, 6) is 0.610. The van der Waals surface area contributed by atoms with Gasteiger partial charge in [0.25, 0.3) is 0 Å². The van der Waals surface area contributed by atoms with Gasteiger partial charge in [0.2, 0.25) is 5.89 Å². The van der Waals surface area contributed by atoms with Crippen molar-refractivity contribution in [1.29, 1.82) is 0 Å². The Morgan fingerprint density at radius 2 is 1.32 bits per heavy atom. The van der Waals surface area contributed by atoms with Crippen LogP contribution in [0.15, 0.2) is 157 Å². The Balaban J connectivity index is 1.23. The fourth-order valence-electron chi connectivity index (χ4n) is 6.10. The van der Waals surface area contributed by atoms with E-state index < -0.39 is 0 Å². The van der Waals surface area contributed by atoms with Crippen molar-refractivity contribution >= 4 is 32.9 Å². The molecule has 0 atom stereocenters. The zero-order valence-electron chi connectivity index (χ0n) is 23.6. The van der Waals surface area contributed by atoms with E-state index in [2.05, 4.69) is 98.9 Å². The summed E-state index contributed by atoms with van der Waals surface area (Å²) in [7, 11) is 0. The quantitative estimate of drug-likeness (QED) is 0.208. The van der Waals surface area contributed by atoms with Crippen LogP contribution < -0.4 is 0 Å². The average molecular weight is 568 g/mol. The van der Waals surface area contributed by atoms with Gasteiger partial charge in [-0.25, -0.2) is 4.98 Å². The number of pyridine rings is 1. The number of rotatable bonds is 5. The smallest absolute Gasteiger partial charge is 0.227 e. The maximum atomic E-state index is 6.17. The summed E-state index contributed by atoms with van der Waals surface area (Å²) < 4.78 is 12.7. The van der Waals surface area contributed by atoms with E-state index >= 15 is 0 Å². The Bertz CT molecular complexity index is 2400. The SMILES string of the molecule is c1cc(-c2ccc(-n3cccc3)cn2)cc(-n2c3ccc(-n4cccc4)cc3c3ccc(-c4nc5ccccc5o4)cc32)c1. The van der Waals surface area contributed by atoms with Gasteiger partial charge in [0, 0.05) is 58.1 Å². The lowest BCUT2D eigenvalue weighted by Crippen LogP contribution is -1.96. The molecule has 0 aliphatic rings. The third kappa shape index (κ3) is 3.96. The summed E-state index contributed by atoms with van der Waals surface area (Å²) >= 11 is 0. The second-order valence-corrected chi connectivity index (χ2v) is 10.9. The first-order valence-electron chi connectivity index (χ1n) is 14.6. The van der Waals surface area contributed by atoms with Crippen LogP contribution in [0.25, 0.3) is 72.7 Å². The highest BCUT2D eigenvalue weighted by Crippen LogP contribution is 2.37. The van der Waals surface area contributed by atoms with Gasteiger partial charge in [0.1, 0.15) is 5.52 Å². The molecule has 5 aromatic heterocycles. The van der Waals surface area contributed by atoms with Crippen LogP contribution >= 0.6 is 0 Å². The molecular weight excluding hydrogens is 542 g/mol. The van der Waals surface area contributed by atoms with Crippen LogP contribution in [0.4, 0.5) is 0 Å². The third-order valence-corrected chi connectivity index (χ3v) is 8.24. The molecule has 4 aromatic carbocycles. The van der Waals surface area contributed by atoms with Crippen molar-refractivity contribution in [3.05, 3.63) is 152 Å². The minimum absolute atomic E-state index is 0.610. The average Bonchev–Trinajstić information content (AvgIpc) is 3.90. The molecule has 9 rings (SSSR count). The zero-order valence-corrected chi connectivity index (χ0v) is 23.6. The first-order chi connectivity index (χ1) is 21.8. The monoisotopic (exact) mass is 567 g/mol. The summed E-state index contributed by atoms with van der Waals surface area (Å²) in [6, 6.07) is 41.9. The molecule has 0 saturated heterocycles. The summed E-state index contributed by atoms with van der Waals surface area (Å²) in [6.45, 7) is 0. The van der Waals surface area contributed by atoms with Gasteiger partial charge < -0.3 is 18.1 Å². The molecule has 44 heavy (non-hydrogen) atoms. The van der Waals surface area contributed by atoms with Gasteiger partial charge in [-0.2, -0.15) is 0 Å². The maximum Gasteiger partial charge on any atom is 0.227 e. The summed E-state index contributed by atoms with van der Waals surface area (Å²) in [5, 5.41) is 2.34. The molecular formula is C38H25N5O. The molecule has 6 heteroatoms. The van der Waals surface area contributed by atoms with Crippen molar-refractivity contribution < 1.29 is 4.42 Å². The predicted octanol–water partition coefficient (Wildman–Crippen LogP) is 9.24. The number of benzene rings is 4. The van der Waals surface area contributed by atoms with E-state index in [1.54, 1.807) is 0 Å². The van der Waals surface area contributed by atoms with Gasteiger partial charge in [-0.15, -0.1) is 0 Å². The molecule has 0 radical (unpaired) electrons. The summed E-state index contributed by atoms with van der Waals surface area (Å²) in [4.78, 5) is 9.60. The van der Waals surface area contributed by atoms with Gasteiger partial charge in [-0.05, 0) is 91.0 Å². The molecule has 0 fully saturated rings. The number of aromatic nitrogens is 5. The van der Waals surface area contributed by atoms with Crippen LogP contribution in [0.1, 0.15) is 0 Å². The van der Waals surface area contributed by atoms with E-state index in [-0.39, 0.29) is 0 Å². The molecule has 9 aromatic rings. The second kappa shape index (κ2) is 9.71. The van der Waals surface area contributed by atoms with Gasteiger partial charge in [-0.1, -0.05) is 30.3 Å². The van der Waals surface area contributed by atoms with Gasteiger partial charge >= 0.3 is 0 Å². The molecule has 208 valence electrons. The molecule has 0 N–H and O–H groups in total. The van der Waals surface area contributed by atoms with Crippen molar-refractivity contribution in [1.82, 2.24) is 23.7 Å². The number of hydrogen-bond acceptors (Lipinski definition) is 3. The molecule has 5 heterocycles. The van der Waals surface area contributed by atoms with Crippen molar-refractivity contribution in [2.24, 2.45) is 0 Å². The standard InChI is InChI=1S/C38H25N5O/c1-2-11-37-34(10-1)40-38(44-37)27-12-15-31-32-24-28(41-18-3-4-19-41)14-17-35(32)43(36(31)23-27)29-9-7-8-26(22-29)33-16-13-30(25-39-33)42-20-5-6-21-42/h1-25H. The molecule has 0 saturated carbocycles. The lowest BCUT2D eigenvalue weighted by atomic mass is 10.1. The molecule has 0 unspecified atom stereocenters. The highest BCUT2D eigenvalue weighted by Gasteiger charge is 2.17. The van der Waals surface area contributed by atoms with Crippen LogP contribution in [-0.4, -0.2) is 23.7 Å². The van der Waals surface area contributed by atoms with E-state index in [0.717, 1.165) is 61.4 Å². The van der Waals surface area contributed by atoms with E-state index in [4.69, 9.17) is 14.4 Å². The number of fused-ring (bicyclic) bond motifs is 4. The van der Waals surface area contributed by atoms with Crippen molar-refractivity contribution in [3.8, 4) is 39.8 Å². The molecule has 0 amide bonds. The van der Waals surface area contributed by atoms with E-state index in [1.165, 1.54) is 5.39 Å². The van der Waals surface area contributed by atoms with Crippen molar-refractivity contribution in [2.75, 3.05) is 0 Å². The number of nitrogens with zero attached hydrogens (tertiary/aromatic N) is 5. The normalized spacial score (nSPS) is 11.6. The van der Waals surface area contributed by atoms with E-state index in [1.807, 2.05) is 67.1 Å². The third-order valence-electron chi connectivity index (χ3n) is 8.24. The summed E-state index contributed by atoms with van der Waals surface area (Å²) in [6.07, 6.45) is 10.1. The minimum atomic E-state index is 0.610. The van der Waals surface area contributed by atoms with Crippen molar-refractivity contribution in [3.63, 3.8) is 0 Å². The van der Waals surface area contributed by atoms with Crippen LogP contribution in [0.5, 0.6) is 0 Å². The Kier molecular flexibility index (Phi) is 5.40. The van der Waals surface area contributed by atoms with E-state index in [0.29, 0.717) is 5.89 Å². The Hall–Kier alpha value is -6.14. The maximum absolute atomic E-state index is 6.17. The molecule has 6 nitrogen and oxygen atoms in total. The molecule has 0 bridgehead atoms. The first-order valence-corrected chi connectivity index (χ1v) is 14.6. The molecule has 0 spiro atoms. The number of oxazole rings is 1. The van der Waals surface area contributed by atoms with Gasteiger partial charge in [-0.3, -0.25) is 4.98 Å². The largest absolute Gasteiger partial charge is 0.436 e. The Morgan fingerprint density at radius 3 is 2.11 bits per heavy atom. The van der Waals surface area contributed by atoms with Crippen LogP contribution in [0.2, 0.25) is 0 Å². The fourth-order valence-corrected chi connectivity index (χ4v) is 6.10. The number of hydrogen-bond donors (Lipinski definition) is 0. The minimum Gasteiger partial charge on any atom is -0.436 e. The highest BCUT2D eigenvalue weighted by molar-refractivity contribution is 6.10. The molecule has 0 aliphatic carbocycles. The fraction of sp³-hybridized carbons (Fsp3) is 0. The van der Waals surface area contributed by atoms with Crippen LogP contribution in [-0.2, 0) is 0 Å². The van der Waals surface area contributed by atoms with Gasteiger partial charge in [0.15, 0.2) is 5.58 Å². The second-order valence-electron chi connectivity index (χ2n) is 10.9. The van der Waals surface area contributed by atoms with Crippen LogP contribution in [0, 0.1) is 0 Å². The first kappa shape index (κ1) is 24.5. The predicted molar refractivity (Wildman–Crippen MR) is 176 cm³/mol. The lowest BCUT2D eigenvalue weighted by molar-refractivity contribution is 0.620. The van der Waals surface area contributed by atoms with Crippen LogP contribution in [0.3, 0.4) is 0 Å². The summed E-state index contributed by atoms with van der Waals surface area (Å²) in [5.41, 5.74) is 9.94. The zero-order chi connectivity index (χ0) is 29.0. The van der Waals surface area contributed by atoms with E-state index in [9.17, 15) is 0 Å². The van der Waals surface area contributed by atoms with Gasteiger partial charge in [0.05, 0.1) is 28.6 Å². The Morgan fingerprint density at radius 1 is 0.523 bits per heavy atom. The number of para-hydroxylation sites is 2. The topological polar surface area (TPSA) is 53.7 Å². The lowest BCUT2D eigenvalue weighted by Gasteiger charge is -2.11. The Labute approximate surface area is 252 Å².